The molecular weight excluding hydrogens is 578 g/mol. The van der Waals surface area contributed by atoms with Gasteiger partial charge in [0.05, 0.1) is 46.6 Å². The molecule has 228 valence electrons. The highest BCUT2D eigenvalue weighted by molar-refractivity contribution is 6.25. The normalized spacial score (nSPS) is 28.8. The highest BCUT2D eigenvalue weighted by atomic mass is 16.6. The average Bonchev–Trinajstić information content (AvgIpc) is 3.41. The maximum absolute atomic E-state index is 14.5. The molecule has 45 heavy (non-hydrogen) atoms. The number of hydrogen-bond acceptors (Lipinski definition) is 8. The van der Waals surface area contributed by atoms with Crippen LogP contribution in [0.1, 0.15) is 31.2 Å². The van der Waals surface area contributed by atoms with E-state index in [1.165, 1.54) is 42.3 Å². The summed E-state index contributed by atoms with van der Waals surface area (Å²) in [6.45, 7) is 1.73. The molecule has 3 aromatic carbocycles. The summed E-state index contributed by atoms with van der Waals surface area (Å²) >= 11 is 0. The Morgan fingerprint density at radius 1 is 0.889 bits per heavy atom. The van der Waals surface area contributed by atoms with E-state index in [1.807, 2.05) is 6.08 Å². The number of fused-ring (bicyclic) bond motifs is 4. The van der Waals surface area contributed by atoms with Crippen molar-refractivity contribution in [1.82, 2.24) is 0 Å². The van der Waals surface area contributed by atoms with Crippen LogP contribution < -0.4 is 14.5 Å². The minimum atomic E-state index is -1.35. The predicted octanol–water partition coefficient (Wildman–Crippen LogP) is 4.74. The fraction of sp³-hybridized carbons (Fsp3) is 0.294. The second-order valence-electron chi connectivity index (χ2n) is 12.2. The number of nitro benzene ring substituents is 1. The standard InChI is InChI=1S/C34H29N3O8/c1-34-24(31(40)36(33(34)42)18-8-4-3-5-9-18)17-23-21(29(34)28-25(38)12-7-13-26(28)45-2)14-15-22-27(23)32(41)35(30(22)39)19-10-6-11-20(16-19)37(43)44/h3-14,16,22-24,27,29,38H,15,17H2,1-2H3. The molecule has 1 saturated carbocycles. The molecule has 6 atom stereocenters. The second-order valence-corrected chi connectivity index (χ2v) is 12.2. The van der Waals surface area contributed by atoms with Crippen molar-refractivity contribution in [2.75, 3.05) is 16.9 Å². The van der Waals surface area contributed by atoms with E-state index in [9.17, 15) is 34.4 Å². The lowest BCUT2D eigenvalue weighted by Gasteiger charge is -2.49. The van der Waals surface area contributed by atoms with Crippen molar-refractivity contribution >= 4 is 40.7 Å². The third kappa shape index (κ3) is 3.89. The lowest BCUT2D eigenvalue weighted by molar-refractivity contribution is -0.384. The Hall–Kier alpha value is -5.32. The molecule has 3 aromatic rings. The highest BCUT2D eigenvalue weighted by Crippen LogP contribution is 2.65. The van der Waals surface area contributed by atoms with Gasteiger partial charge in [-0.2, -0.15) is 0 Å². The molecule has 7 rings (SSSR count). The van der Waals surface area contributed by atoms with E-state index in [1.54, 1.807) is 49.4 Å². The molecule has 3 fully saturated rings. The number of aromatic hydroxyl groups is 1. The van der Waals surface area contributed by atoms with Crippen molar-refractivity contribution in [3.8, 4) is 11.5 Å². The van der Waals surface area contributed by atoms with Crippen molar-refractivity contribution < 1.29 is 33.9 Å². The van der Waals surface area contributed by atoms with Gasteiger partial charge in [-0.3, -0.25) is 29.3 Å². The number of carbonyl (C=O) groups is 4. The van der Waals surface area contributed by atoms with Gasteiger partial charge in [0.2, 0.25) is 23.6 Å². The predicted molar refractivity (Wildman–Crippen MR) is 161 cm³/mol. The number of nitro groups is 1. The Balaban J connectivity index is 1.39. The lowest BCUT2D eigenvalue weighted by Crippen LogP contribution is -2.49. The summed E-state index contributed by atoms with van der Waals surface area (Å²) in [5.74, 6) is -5.57. The summed E-state index contributed by atoms with van der Waals surface area (Å²) < 4.78 is 5.68. The van der Waals surface area contributed by atoms with Crippen molar-refractivity contribution in [3.63, 3.8) is 0 Å². The number of phenols is 1. The second kappa shape index (κ2) is 10.1. The van der Waals surface area contributed by atoms with Crippen molar-refractivity contribution in [1.29, 1.82) is 0 Å². The minimum absolute atomic E-state index is 0.108. The van der Waals surface area contributed by atoms with Crippen LogP contribution in [0, 0.1) is 39.2 Å². The minimum Gasteiger partial charge on any atom is -0.508 e. The number of para-hydroxylation sites is 1. The number of anilines is 2. The number of amides is 4. The van der Waals surface area contributed by atoms with Crippen molar-refractivity contribution in [3.05, 3.63) is 100 Å². The fourth-order valence-electron chi connectivity index (χ4n) is 8.15. The van der Waals surface area contributed by atoms with Crippen LogP contribution in [0.25, 0.3) is 0 Å². The summed E-state index contributed by atoms with van der Waals surface area (Å²) in [6.07, 6.45) is 2.19. The van der Waals surface area contributed by atoms with Gasteiger partial charge in [-0.1, -0.05) is 42.0 Å². The molecule has 2 aliphatic heterocycles. The molecular formula is C34H29N3O8. The van der Waals surface area contributed by atoms with E-state index in [2.05, 4.69) is 0 Å². The highest BCUT2D eigenvalue weighted by Gasteiger charge is 2.68. The van der Waals surface area contributed by atoms with Crippen molar-refractivity contribution in [2.45, 2.75) is 25.7 Å². The molecule has 4 amide bonds. The molecule has 11 nitrogen and oxygen atoms in total. The number of imide groups is 2. The SMILES string of the molecule is COc1cccc(O)c1C1C2=CCC3C(=O)N(c4cccc([N+](=O)[O-])c4)C(=O)C3C2CC2C(=O)N(c3ccccc3)C(=O)C21C. The van der Waals surface area contributed by atoms with Crippen LogP contribution in [0.15, 0.2) is 84.4 Å². The molecule has 2 heterocycles. The number of nitrogens with zero attached hydrogens (tertiary/aromatic N) is 3. The third-order valence-electron chi connectivity index (χ3n) is 10.1. The summed E-state index contributed by atoms with van der Waals surface area (Å²) in [7, 11) is 1.46. The van der Waals surface area contributed by atoms with E-state index < -0.39 is 63.6 Å². The molecule has 0 aromatic heterocycles. The van der Waals surface area contributed by atoms with Gasteiger partial charge in [-0.15, -0.1) is 0 Å². The number of ether oxygens (including phenoxy) is 1. The first-order chi connectivity index (χ1) is 21.6. The molecule has 6 unspecified atom stereocenters. The van der Waals surface area contributed by atoms with Gasteiger partial charge in [0.15, 0.2) is 0 Å². The first-order valence-corrected chi connectivity index (χ1v) is 14.7. The van der Waals surface area contributed by atoms with E-state index in [-0.39, 0.29) is 30.0 Å². The zero-order valence-electron chi connectivity index (χ0n) is 24.5. The number of benzene rings is 3. The zero-order chi connectivity index (χ0) is 31.8. The number of carbonyl (C=O) groups excluding carboxylic acids is 4. The molecule has 0 spiro atoms. The first-order valence-electron chi connectivity index (χ1n) is 14.7. The van der Waals surface area contributed by atoms with Gasteiger partial charge in [0.25, 0.3) is 5.69 Å². The van der Waals surface area contributed by atoms with Crippen LogP contribution in [-0.2, 0) is 19.2 Å². The van der Waals surface area contributed by atoms with Crippen molar-refractivity contribution in [2.24, 2.45) is 29.1 Å². The van der Waals surface area contributed by atoms with Gasteiger partial charge in [-0.25, -0.2) is 9.80 Å². The Morgan fingerprint density at radius 3 is 2.31 bits per heavy atom. The number of rotatable bonds is 5. The molecule has 4 aliphatic rings. The number of allylic oxidation sites excluding steroid dienone is 2. The van der Waals surface area contributed by atoms with Gasteiger partial charge < -0.3 is 9.84 Å². The Morgan fingerprint density at radius 2 is 1.60 bits per heavy atom. The number of hydrogen-bond donors (Lipinski definition) is 1. The van der Waals surface area contributed by atoms with E-state index >= 15 is 0 Å². The van der Waals surface area contributed by atoms with Crippen LogP contribution in [0.2, 0.25) is 0 Å². The Labute approximate surface area is 257 Å². The van der Waals surface area contributed by atoms with E-state index in [0.29, 0.717) is 22.6 Å². The number of phenolic OH excluding ortho intramolecular Hbond substituents is 1. The van der Waals surface area contributed by atoms with E-state index in [4.69, 9.17) is 4.74 Å². The first kappa shape index (κ1) is 28.5. The topological polar surface area (TPSA) is 147 Å². The largest absolute Gasteiger partial charge is 0.508 e. The van der Waals surface area contributed by atoms with Crippen LogP contribution in [-0.4, -0.2) is 40.8 Å². The lowest BCUT2D eigenvalue weighted by atomic mass is 9.51. The zero-order valence-corrected chi connectivity index (χ0v) is 24.5. The quantitative estimate of drug-likeness (QED) is 0.189. The number of non-ortho nitro benzene ring substituents is 1. The third-order valence-corrected chi connectivity index (χ3v) is 10.1. The average molecular weight is 608 g/mol. The monoisotopic (exact) mass is 607 g/mol. The molecule has 0 bridgehead atoms. The van der Waals surface area contributed by atoms with Crippen LogP contribution >= 0.6 is 0 Å². The van der Waals surface area contributed by atoms with Gasteiger partial charge in [-0.05, 0) is 56.0 Å². The summed E-state index contributed by atoms with van der Waals surface area (Å²) in [4.78, 5) is 69.8. The maximum atomic E-state index is 14.5. The Kier molecular flexibility index (Phi) is 6.40. The Bertz CT molecular complexity index is 1840. The molecule has 11 heteroatoms. The van der Waals surface area contributed by atoms with E-state index in [0.717, 1.165) is 4.90 Å². The molecule has 1 N–H and O–H groups in total. The number of methoxy groups -OCH3 is 1. The summed E-state index contributed by atoms with van der Waals surface area (Å²) in [6, 6.07) is 18.8. The fourth-order valence-corrected chi connectivity index (χ4v) is 8.15. The van der Waals surface area contributed by atoms with Crippen LogP contribution in [0.3, 0.4) is 0 Å². The van der Waals surface area contributed by atoms with Gasteiger partial charge >= 0.3 is 0 Å². The van der Waals surface area contributed by atoms with Crippen LogP contribution in [0.5, 0.6) is 11.5 Å². The smallest absolute Gasteiger partial charge is 0.271 e. The maximum Gasteiger partial charge on any atom is 0.271 e. The summed E-state index contributed by atoms with van der Waals surface area (Å²) in [5.41, 5.74) is -0.0437. The van der Waals surface area contributed by atoms with Gasteiger partial charge in [0, 0.05) is 23.6 Å². The van der Waals surface area contributed by atoms with Gasteiger partial charge in [0.1, 0.15) is 11.5 Å². The van der Waals surface area contributed by atoms with Crippen LogP contribution in [0.4, 0.5) is 17.1 Å². The molecule has 0 radical (unpaired) electrons. The molecule has 2 saturated heterocycles. The summed E-state index contributed by atoms with van der Waals surface area (Å²) in [5, 5.41) is 22.7. The molecule has 2 aliphatic carbocycles.